The first-order chi connectivity index (χ1) is 8.96. The van der Waals surface area contributed by atoms with Gasteiger partial charge in [0.15, 0.2) is 5.78 Å². The molecular formula is C11H14N6O2. The summed E-state index contributed by atoms with van der Waals surface area (Å²) in [5.74, 6) is 0.398. The predicted octanol–water partition coefficient (Wildman–Crippen LogP) is 0.502. The van der Waals surface area contributed by atoms with E-state index >= 15 is 0 Å². The van der Waals surface area contributed by atoms with Crippen molar-refractivity contribution >= 4 is 17.9 Å². The van der Waals surface area contributed by atoms with Crippen LogP contribution in [0.1, 0.15) is 26.7 Å². The highest BCUT2D eigenvalue weighted by Gasteiger charge is 2.37. The zero-order chi connectivity index (χ0) is 13.6. The molecule has 19 heavy (non-hydrogen) atoms. The van der Waals surface area contributed by atoms with E-state index < -0.39 is 6.04 Å². The van der Waals surface area contributed by atoms with Crippen LogP contribution in [0.25, 0.3) is 0 Å². The van der Waals surface area contributed by atoms with Crippen molar-refractivity contribution in [2.24, 2.45) is 10.5 Å². The Bertz CT molecular complexity index is 600. The molecule has 1 unspecified atom stereocenters. The highest BCUT2D eigenvalue weighted by molar-refractivity contribution is 6.03. The van der Waals surface area contributed by atoms with Gasteiger partial charge in [0.25, 0.3) is 5.95 Å². The SMILES string of the molecule is CC1(C)CC(=O)C(C2C=Nn3nnnc3N2)=C(O)C1. The van der Waals surface area contributed by atoms with Gasteiger partial charge in [-0.2, -0.15) is 5.10 Å². The number of ketones is 1. The fourth-order valence-corrected chi connectivity index (χ4v) is 2.45. The maximum Gasteiger partial charge on any atom is 0.266 e. The number of anilines is 1. The Hall–Kier alpha value is -2.25. The van der Waals surface area contributed by atoms with Crippen LogP contribution in [0, 0.1) is 5.41 Å². The third kappa shape index (κ3) is 1.98. The summed E-state index contributed by atoms with van der Waals surface area (Å²) in [6, 6.07) is -0.484. The smallest absolute Gasteiger partial charge is 0.266 e. The topological polar surface area (TPSA) is 105 Å². The van der Waals surface area contributed by atoms with Gasteiger partial charge in [0.1, 0.15) is 5.76 Å². The van der Waals surface area contributed by atoms with Crippen molar-refractivity contribution in [2.45, 2.75) is 32.7 Å². The second kappa shape index (κ2) is 3.87. The summed E-state index contributed by atoms with van der Waals surface area (Å²) >= 11 is 0. The molecule has 0 radical (unpaired) electrons. The number of nitrogens with zero attached hydrogens (tertiary/aromatic N) is 5. The van der Waals surface area contributed by atoms with Crippen LogP contribution in [-0.4, -0.2) is 43.5 Å². The van der Waals surface area contributed by atoms with E-state index in [0.717, 1.165) is 0 Å². The van der Waals surface area contributed by atoms with Crippen LogP contribution in [-0.2, 0) is 4.79 Å². The molecule has 100 valence electrons. The molecule has 1 atom stereocenters. The number of Topliss-reactive ketones (excluding diaryl/α,β-unsaturated/α-hetero) is 1. The molecule has 8 nitrogen and oxygen atoms in total. The van der Waals surface area contributed by atoms with Crippen molar-refractivity contribution in [3.63, 3.8) is 0 Å². The number of allylic oxidation sites excluding steroid dienone is 1. The average Bonchev–Trinajstić information content (AvgIpc) is 2.73. The minimum absolute atomic E-state index is 0.0707. The van der Waals surface area contributed by atoms with Crippen LogP contribution in [0.4, 0.5) is 5.95 Å². The fourth-order valence-electron chi connectivity index (χ4n) is 2.45. The van der Waals surface area contributed by atoms with Crippen molar-refractivity contribution in [2.75, 3.05) is 5.32 Å². The van der Waals surface area contributed by atoms with Crippen molar-refractivity contribution in [1.29, 1.82) is 0 Å². The summed E-state index contributed by atoms with van der Waals surface area (Å²) in [5.41, 5.74) is 0.148. The van der Waals surface area contributed by atoms with Gasteiger partial charge in [0.05, 0.1) is 17.8 Å². The lowest BCUT2D eigenvalue weighted by Gasteiger charge is -2.32. The molecule has 2 aliphatic rings. The first-order valence-corrected chi connectivity index (χ1v) is 6.01. The summed E-state index contributed by atoms with van der Waals surface area (Å²) in [7, 11) is 0. The summed E-state index contributed by atoms with van der Waals surface area (Å²) in [6.45, 7) is 3.92. The van der Waals surface area contributed by atoms with E-state index in [1.807, 2.05) is 13.8 Å². The Morgan fingerprint density at radius 3 is 3.00 bits per heavy atom. The molecule has 8 heteroatoms. The average molecular weight is 262 g/mol. The molecule has 2 N–H and O–H groups in total. The van der Waals surface area contributed by atoms with Gasteiger partial charge in [-0.05, 0) is 15.8 Å². The lowest BCUT2D eigenvalue weighted by atomic mass is 9.75. The third-order valence-corrected chi connectivity index (χ3v) is 3.27. The molecule has 0 bridgehead atoms. The third-order valence-electron chi connectivity index (χ3n) is 3.27. The molecule has 0 saturated carbocycles. The van der Waals surface area contributed by atoms with Crippen molar-refractivity contribution in [3.05, 3.63) is 11.3 Å². The van der Waals surface area contributed by atoms with Crippen LogP contribution < -0.4 is 5.32 Å². The number of aliphatic hydroxyl groups excluding tert-OH is 1. The monoisotopic (exact) mass is 262 g/mol. The first kappa shape index (κ1) is 11.8. The van der Waals surface area contributed by atoms with Gasteiger partial charge in [-0.15, -0.1) is 0 Å². The highest BCUT2D eigenvalue weighted by atomic mass is 16.3. The van der Waals surface area contributed by atoms with Crippen LogP contribution in [0.2, 0.25) is 0 Å². The Labute approximate surface area is 109 Å². The van der Waals surface area contributed by atoms with Gasteiger partial charge in [0, 0.05) is 12.8 Å². The molecular weight excluding hydrogens is 248 g/mol. The number of nitrogens with one attached hydrogen (secondary N) is 1. The number of carbonyl (C=O) groups is 1. The number of rotatable bonds is 1. The molecule has 0 fully saturated rings. The van der Waals surface area contributed by atoms with Gasteiger partial charge in [-0.25, -0.2) is 0 Å². The van der Waals surface area contributed by atoms with Gasteiger partial charge >= 0.3 is 0 Å². The van der Waals surface area contributed by atoms with E-state index in [4.69, 9.17) is 0 Å². The van der Waals surface area contributed by atoms with Crippen molar-refractivity contribution in [3.8, 4) is 0 Å². The number of tetrazole rings is 1. The number of carbonyl (C=O) groups excluding carboxylic acids is 1. The van der Waals surface area contributed by atoms with Gasteiger partial charge < -0.3 is 10.4 Å². The summed E-state index contributed by atoms with van der Waals surface area (Å²) < 4.78 is 0. The molecule has 0 amide bonds. The number of hydrogen-bond acceptors (Lipinski definition) is 7. The Morgan fingerprint density at radius 1 is 1.47 bits per heavy atom. The minimum atomic E-state index is -0.484. The van der Waals surface area contributed by atoms with E-state index in [-0.39, 0.29) is 17.0 Å². The maximum atomic E-state index is 12.2. The van der Waals surface area contributed by atoms with Crippen LogP contribution >= 0.6 is 0 Å². The molecule has 0 spiro atoms. The standard InChI is InChI=1S/C11H14N6O2/c1-11(2)3-7(18)9(8(19)4-11)6-5-12-17-10(13-6)14-15-16-17/h5-6,18H,3-4H2,1-2H3,(H,13,14,16). The van der Waals surface area contributed by atoms with E-state index in [1.54, 1.807) is 0 Å². The number of hydrogen-bond donors (Lipinski definition) is 2. The number of aliphatic hydroxyl groups is 1. The number of aromatic nitrogens is 4. The largest absolute Gasteiger partial charge is 0.512 e. The van der Waals surface area contributed by atoms with E-state index in [1.165, 1.54) is 11.0 Å². The maximum absolute atomic E-state index is 12.2. The van der Waals surface area contributed by atoms with Crippen LogP contribution in [0.3, 0.4) is 0 Å². The van der Waals surface area contributed by atoms with E-state index in [9.17, 15) is 9.90 Å². The molecule has 1 aromatic rings. The predicted molar refractivity (Wildman–Crippen MR) is 66.8 cm³/mol. The minimum Gasteiger partial charge on any atom is -0.512 e. The van der Waals surface area contributed by atoms with Crippen molar-refractivity contribution < 1.29 is 9.90 Å². The van der Waals surface area contributed by atoms with E-state index in [2.05, 4.69) is 25.9 Å². The van der Waals surface area contributed by atoms with Gasteiger partial charge in [0.2, 0.25) is 0 Å². The highest BCUT2D eigenvalue weighted by Crippen LogP contribution is 2.37. The first-order valence-electron chi connectivity index (χ1n) is 6.01. The van der Waals surface area contributed by atoms with Gasteiger partial charge in [-0.3, -0.25) is 4.79 Å². The zero-order valence-corrected chi connectivity index (χ0v) is 10.7. The lowest BCUT2D eigenvalue weighted by Crippen LogP contribution is -2.37. The van der Waals surface area contributed by atoms with Crippen LogP contribution in [0.5, 0.6) is 0 Å². The summed E-state index contributed by atoms with van der Waals surface area (Å²) in [6.07, 6.45) is 2.40. The zero-order valence-electron chi connectivity index (χ0n) is 10.7. The molecule has 1 aliphatic heterocycles. The van der Waals surface area contributed by atoms with Gasteiger partial charge in [-0.1, -0.05) is 23.7 Å². The molecule has 0 saturated heterocycles. The molecule has 1 aliphatic carbocycles. The quantitative estimate of drug-likeness (QED) is 0.763. The second-order valence-corrected chi connectivity index (χ2v) is 5.58. The Kier molecular flexibility index (Phi) is 2.41. The summed E-state index contributed by atoms with van der Waals surface area (Å²) in [5, 5.41) is 27.9. The normalized spacial score (nSPS) is 25.2. The lowest BCUT2D eigenvalue weighted by molar-refractivity contribution is -0.118. The number of fused-ring (bicyclic) bond motifs is 1. The second-order valence-electron chi connectivity index (χ2n) is 5.58. The Morgan fingerprint density at radius 2 is 2.26 bits per heavy atom. The fraction of sp³-hybridized carbons (Fsp3) is 0.545. The molecule has 0 aromatic carbocycles. The summed E-state index contributed by atoms with van der Waals surface area (Å²) in [4.78, 5) is 13.4. The Balaban J connectivity index is 1.93. The molecule has 1 aromatic heterocycles. The van der Waals surface area contributed by atoms with Crippen LogP contribution in [0.15, 0.2) is 16.4 Å². The van der Waals surface area contributed by atoms with E-state index in [0.29, 0.717) is 24.4 Å². The molecule has 2 heterocycles. The molecule has 3 rings (SSSR count). The van der Waals surface area contributed by atoms with Crippen molar-refractivity contribution in [1.82, 2.24) is 20.3 Å².